The number of para-hydroxylation sites is 1. The summed E-state index contributed by atoms with van der Waals surface area (Å²) in [6, 6.07) is 14.1. The van der Waals surface area contributed by atoms with Gasteiger partial charge in [0.15, 0.2) is 0 Å². The van der Waals surface area contributed by atoms with Crippen LogP contribution in [0.25, 0.3) is 10.9 Å². The van der Waals surface area contributed by atoms with Gasteiger partial charge in [-0.05, 0) is 44.4 Å². The molecule has 1 heterocycles. The zero-order valence-electron chi connectivity index (χ0n) is 25.7. The predicted octanol–water partition coefficient (Wildman–Crippen LogP) is 3.46. The zero-order chi connectivity index (χ0) is 32.8. The van der Waals surface area contributed by atoms with Crippen LogP contribution >= 0.6 is 0 Å². The molecule has 12 heteroatoms. The van der Waals surface area contributed by atoms with Crippen LogP contribution in [-0.4, -0.2) is 65.7 Å². The molecule has 3 rings (SSSR count). The van der Waals surface area contributed by atoms with Crippen LogP contribution in [0.2, 0.25) is 0 Å². The fourth-order valence-electron chi connectivity index (χ4n) is 4.32. The number of nitrogens with one attached hydrogen (secondary N) is 4. The molecule has 0 radical (unpaired) electrons. The number of ether oxygens (including phenoxy) is 3. The first-order chi connectivity index (χ1) is 21.4. The van der Waals surface area contributed by atoms with Crippen LogP contribution in [0.3, 0.4) is 0 Å². The molecule has 12 nitrogen and oxygen atoms in total. The molecule has 3 aromatic rings. The molecule has 2 aromatic carbocycles. The maximum Gasteiger partial charge on any atom is 0.408 e. The molecule has 4 N–H and O–H groups in total. The highest BCUT2D eigenvalue weighted by molar-refractivity contribution is 5.93. The van der Waals surface area contributed by atoms with Crippen LogP contribution in [0, 0.1) is 0 Å². The molecular weight excluding hydrogens is 580 g/mol. The third-order valence-electron chi connectivity index (χ3n) is 6.38. The number of alkyl carbamates (subject to hydrolysis) is 1. The van der Waals surface area contributed by atoms with Crippen LogP contribution in [0.15, 0.2) is 73.4 Å². The molecule has 0 saturated carbocycles. The summed E-state index contributed by atoms with van der Waals surface area (Å²) in [6.45, 7) is 8.09. The first kappa shape index (κ1) is 34.4. The van der Waals surface area contributed by atoms with Crippen LogP contribution in [0.4, 0.5) is 4.79 Å². The van der Waals surface area contributed by atoms with E-state index >= 15 is 0 Å². The smallest absolute Gasteiger partial charge is 0.408 e. The normalized spacial score (nSPS) is 12.3. The first-order valence-electron chi connectivity index (χ1n) is 14.5. The van der Waals surface area contributed by atoms with Gasteiger partial charge in [-0.1, -0.05) is 61.2 Å². The van der Waals surface area contributed by atoms with Crippen molar-refractivity contribution in [3.8, 4) is 0 Å². The molecule has 0 bridgehead atoms. The number of esters is 2. The number of aromatic nitrogens is 1. The van der Waals surface area contributed by atoms with Crippen molar-refractivity contribution in [1.82, 2.24) is 20.9 Å². The van der Waals surface area contributed by atoms with E-state index in [0.717, 1.165) is 22.0 Å². The fraction of sp³-hybridized carbons (Fsp3) is 0.364. The van der Waals surface area contributed by atoms with Gasteiger partial charge in [-0.3, -0.25) is 19.2 Å². The molecule has 2 atom stereocenters. The molecule has 0 fully saturated rings. The number of aromatic amines is 1. The molecule has 0 aliphatic heterocycles. The third kappa shape index (κ3) is 11.8. The molecule has 0 unspecified atom stereocenters. The summed E-state index contributed by atoms with van der Waals surface area (Å²) in [5, 5.41) is 8.52. The minimum atomic E-state index is -1.25. The van der Waals surface area contributed by atoms with E-state index in [1.165, 1.54) is 6.08 Å². The summed E-state index contributed by atoms with van der Waals surface area (Å²) < 4.78 is 15.6. The van der Waals surface area contributed by atoms with Gasteiger partial charge < -0.3 is 35.1 Å². The van der Waals surface area contributed by atoms with Crippen molar-refractivity contribution < 1.29 is 38.2 Å². The lowest BCUT2D eigenvalue weighted by Crippen LogP contribution is -2.55. The SMILES string of the molecule is C=CCOC(=O)CNC(=O)[C@H](CCC(=O)OC(C)(C)C)NC(=O)[C@H](Cc1c[nH]c2ccccc12)NC(=O)OCc1ccccc1. The van der Waals surface area contributed by atoms with Crippen LogP contribution < -0.4 is 16.0 Å². The summed E-state index contributed by atoms with van der Waals surface area (Å²) in [5.41, 5.74) is 1.60. The Hall–Kier alpha value is -5.13. The summed E-state index contributed by atoms with van der Waals surface area (Å²) in [7, 11) is 0. The van der Waals surface area contributed by atoms with Gasteiger partial charge in [-0.25, -0.2) is 4.79 Å². The molecular formula is C33H40N4O8. The zero-order valence-corrected chi connectivity index (χ0v) is 25.7. The minimum absolute atomic E-state index is 0.0169. The fourth-order valence-corrected chi connectivity index (χ4v) is 4.32. The Bertz CT molecular complexity index is 1480. The van der Waals surface area contributed by atoms with E-state index in [0.29, 0.717) is 0 Å². The highest BCUT2D eigenvalue weighted by Crippen LogP contribution is 2.19. The van der Waals surface area contributed by atoms with Crippen molar-refractivity contribution in [2.24, 2.45) is 0 Å². The minimum Gasteiger partial charge on any atom is -0.460 e. The van der Waals surface area contributed by atoms with Crippen molar-refractivity contribution in [3.63, 3.8) is 0 Å². The van der Waals surface area contributed by atoms with Crippen LogP contribution in [-0.2, 0) is 46.4 Å². The maximum atomic E-state index is 13.7. The van der Waals surface area contributed by atoms with E-state index in [1.54, 1.807) is 39.1 Å². The maximum absolute atomic E-state index is 13.7. The van der Waals surface area contributed by atoms with Gasteiger partial charge in [0.2, 0.25) is 11.8 Å². The standard InChI is InChI=1S/C33H40N4O8/c1-5-17-43-29(39)20-35-30(40)26(15-16-28(38)45-33(2,3)4)36-31(41)27(18-23-19-34-25-14-10-9-13-24(23)25)37-32(42)44-21-22-11-7-6-8-12-22/h5-14,19,26-27,34H,1,15-18,20-21H2,2-4H3,(H,35,40)(H,36,41)(H,37,42)/t26-,27-/m0/s1. The van der Waals surface area contributed by atoms with Gasteiger partial charge in [0.05, 0.1) is 0 Å². The van der Waals surface area contributed by atoms with Gasteiger partial charge in [-0.15, -0.1) is 0 Å². The van der Waals surface area contributed by atoms with Gasteiger partial charge in [0.25, 0.3) is 0 Å². The number of carbonyl (C=O) groups excluding carboxylic acids is 5. The number of H-pyrrole nitrogens is 1. The summed E-state index contributed by atoms with van der Waals surface area (Å²) in [4.78, 5) is 67.2. The average molecular weight is 621 g/mol. The average Bonchev–Trinajstić information content (AvgIpc) is 3.41. The molecule has 0 spiro atoms. The number of fused-ring (bicyclic) bond motifs is 1. The van der Waals surface area contributed by atoms with E-state index in [9.17, 15) is 24.0 Å². The second-order valence-corrected chi connectivity index (χ2v) is 11.2. The molecule has 0 aliphatic carbocycles. The largest absolute Gasteiger partial charge is 0.460 e. The van der Waals surface area contributed by atoms with Crippen molar-refractivity contribution in [2.45, 2.75) is 64.3 Å². The van der Waals surface area contributed by atoms with Gasteiger partial charge >= 0.3 is 18.0 Å². The van der Waals surface area contributed by atoms with E-state index in [2.05, 4.69) is 27.5 Å². The van der Waals surface area contributed by atoms with Gasteiger partial charge in [0.1, 0.15) is 37.4 Å². The van der Waals surface area contributed by atoms with Crippen molar-refractivity contribution in [1.29, 1.82) is 0 Å². The van der Waals surface area contributed by atoms with Crippen molar-refractivity contribution in [2.75, 3.05) is 13.2 Å². The number of amides is 3. The van der Waals surface area contributed by atoms with E-state index in [4.69, 9.17) is 14.2 Å². The molecule has 45 heavy (non-hydrogen) atoms. The number of rotatable bonds is 15. The van der Waals surface area contributed by atoms with Gasteiger partial charge in [-0.2, -0.15) is 0 Å². The second-order valence-electron chi connectivity index (χ2n) is 11.2. The predicted molar refractivity (Wildman–Crippen MR) is 167 cm³/mol. The molecule has 0 aliphatic rings. The van der Waals surface area contributed by atoms with E-state index in [1.807, 2.05) is 42.5 Å². The molecule has 240 valence electrons. The lowest BCUT2D eigenvalue weighted by atomic mass is 10.0. The highest BCUT2D eigenvalue weighted by atomic mass is 16.6. The summed E-state index contributed by atoms with van der Waals surface area (Å²) in [6.07, 6.45) is 2.02. The number of benzene rings is 2. The number of carbonyl (C=O) groups is 5. The Morgan fingerprint density at radius 2 is 1.60 bits per heavy atom. The first-order valence-corrected chi connectivity index (χ1v) is 14.5. The van der Waals surface area contributed by atoms with Crippen molar-refractivity contribution in [3.05, 3.63) is 84.6 Å². The Morgan fingerprint density at radius 1 is 0.889 bits per heavy atom. The Kier molecular flexibility index (Phi) is 12.7. The Morgan fingerprint density at radius 3 is 2.31 bits per heavy atom. The van der Waals surface area contributed by atoms with Gasteiger partial charge in [0, 0.05) is 29.9 Å². The number of hydrogen-bond donors (Lipinski definition) is 4. The topological polar surface area (TPSA) is 165 Å². The lowest BCUT2D eigenvalue weighted by molar-refractivity contribution is -0.155. The quantitative estimate of drug-likeness (QED) is 0.114. The summed E-state index contributed by atoms with van der Waals surface area (Å²) in [5.74, 6) is -2.70. The van der Waals surface area contributed by atoms with E-state index < -0.39 is 54.1 Å². The highest BCUT2D eigenvalue weighted by Gasteiger charge is 2.29. The molecule has 3 amide bonds. The van der Waals surface area contributed by atoms with E-state index in [-0.39, 0.29) is 32.5 Å². The Labute approximate surface area is 261 Å². The second kappa shape index (κ2) is 16.6. The van der Waals surface area contributed by atoms with Crippen LogP contribution in [0.1, 0.15) is 44.7 Å². The molecule has 0 saturated heterocycles. The van der Waals surface area contributed by atoms with Crippen LogP contribution in [0.5, 0.6) is 0 Å². The Balaban J connectivity index is 1.78. The van der Waals surface area contributed by atoms with Crippen molar-refractivity contribution >= 4 is 40.7 Å². The monoisotopic (exact) mass is 620 g/mol. The summed E-state index contributed by atoms with van der Waals surface area (Å²) >= 11 is 0. The molecule has 1 aromatic heterocycles. The third-order valence-corrected chi connectivity index (χ3v) is 6.38. The number of hydrogen-bond acceptors (Lipinski definition) is 8. The lowest BCUT2D eigenvalue weighted by Gasteiger charge is -2.24.